The molecule has 4 rings (SSSR count). The maximum atomic E-state index is 13.2. The molecule has 0 aliphatic carbocycles. The highest BCUT2D eigenvalue weighted by Gasteiger charge is 2.39. The van der Waals surface area contributed by atoms with E-state index in [1.807, 2.05) is 0 Å². The Kier molecular flexibility index (Phi) is 4.84. The van der Waals surface area contributed by atoms with Crippen molar-refractivity contribution in [2.45, 2.75) is 0 Å². The highest BCUT2D eigenvalue weighted by Crippen LogP contribution is 2.34. The van der Waals surface area contributed by atoms with Crippen molar-refractivity contribution in [2.75, 3.05) is 4.90 Å². The van der Waals surface area contributed by atoms with Crippen LogP contribution in [0.1, 0.15) is 26.3 Å². The number of hydrogen-bond acceptors (Lipinski definition) is 7. The SMILES string of the molecule is O=C([O-])c1ccccc1C(=O)N1C(=O)C(=Nc2ccccc2[N+](=O)[O-])c2ccccc21. The Morgan fingerprint density at radius 2 is 1.48 bits per heavy atom. The number of fused-ring (bicyclic) bond motifs is 1. The lowest BCUT2D eigenvalue weighted by Gasteiger charge is -2.17. The second kappa shape index (κ2) is 7.64. The second-order valence-electron chi connectivity index (χ2n) is 6.50. The number of carboxylic acid groups (broad SMARTS) is 1. The first-order valence-electron chi connectivity index (χ1n) is 9.01. The molecule has 0 saturated heterocycles. The number of carboxylic acids is 1. The molecule has 2 amide bonds. The van der Waals surface area contributed by atoms with Crippen molar-refractivity contribution in [2.24, 2.45) is 4.99 Å². The molecule has 0 unspecified atom stereocenters. The summed E-state index contributed by atoms with van der Waals surface area (Å²) in [5.74, 6) is -3.25. The lowest BCUT2D eigenvalue weighted by atomic mass is 10.1. The first-order valence-corrected chi connectivity index (χ1v) is 9.01. The molecule has 0 aromatic heterocycles. The zero-order valence-electron chi connectivity index (χ0n) is 15.7. The van der Waals surface area contributed by atoms with Crippen molar-refractivity contribution in [3.8, 4) is 0 Å². The number of benzene rings is 3. The van der Waals surface area contributed by atoms with Crippen LogP contribution >= 0.6 is 0 Å². The molecule has 1 aliphatic rings. The summed E-state index contributed by atoms with van der Waals surface area (Å²) in [5.41, 5.74) is -0.598. The molecule has 0 bridgehead atoms. The van der Waals surface area contributed by atoms with E-state index < -0.39 is 22.7 Å². The minimum atomic E-state index is -1.56. The van der Waals surface area contributed by atoms with E-state index in [2.05, 4.69) is 4.99 Å². The predicted octanol–water partition coefficient (Wildman–Crippen LogP) is 2.27. The van der Waals surface area contributed by atoms with E-state index in [4.69, 9.17) is 0 Å². The topological polar surface area (TPSA) is 133 Å². The third kappa shape index (κ3) is 3.33. The second-order valence-corrected chi connectivity index (χ2v) is 6.50. The number of amides is 2. The molecule has 152 valence electrons. The van der Waals surface area contributed by atoms with Crippen LogP contribution in [0.5, 0.6) is 0 Å². The molecule has 9 nitrogen and oxygen atoms in total. The largest absolute Gasteiger partial charge is 0.545 e. The van der Waals surface area contributed by atoms with Gasteiger partial charge in [-0.05, 0) is 18.2 Å². The number of rotatable bonds is 4. The average Bonchev–Trinajstić information content (AvgIpc) is 3.05. The van der Waals surface area contributed by atoms with Crippen molar-refractivity contribution in [3.05, 3.63) is 99.6 Å². The van der Waals surface area contributed by atoms with E-state index in [-0.39, 0.29) is 33.9 Å². The number of nitrogens with zero attached hydrogens (tertiary/aromatic N) is 3. The van der Waals surface area contributed by atoms with Crippen LogP contribution in [-0.4, -0.2) is 28.4 Å². The van der Waals surface area contributed by atoms with Gasteiger partial charge in [-0.25, -0.2) is 9.89 Å². The zero-order valence-corrected chi connectivity index (χ0v) is 15.7. The number of nitro benzene ring substituents is 1. The molecule has 0 spiro atoms. The predicted molar refractivity (Wildman–Crippen MR) is 108 cm³/mol. The van der Waals surface area contributed by atoms with Crippen LogP contribution < -0.4 is 10.0 Å². The summed E-state index contributed by atoms with van der Waals surface area (Å²) in [6, 6.07) is 17.3. The van der Waals surface area contributed by atoms with Gasteiger partial charge in [-0.1, -0.05) is 48.5 Å². The van der Waals surface area contributed by atoms with E-state index in [0.717, 1.165) is 4.90 Å². The van der Waals surface area contributed by atoms with Crippen LogP contribution in [0.2, 0.25) is 0 Å². The summed E-state index contributed by atoms with van der Waals surface area (Å²) >= 11 is 0. The molecule has 0 atom stereocenters. The molecule has 0 saturated carbocycles. The van der Waals surface area contributed by atoms with Gasteiger partial charge in [-0.2, -0.15) is 0 Å². The van der Waals surface area contributed by atoms with Gasteiger partial charge in [0, 0.05) is 22.8 Å². The summed E-state index contributed by atoms with van der Waals surface area (Å²) in [7, 11) is 0. The van der Waals surface area contributed by atoms with Crippen molar-refractivity contribution < 1.29 is 24.4 Å². The van der Waals surface area contributed by atoms with Gasteiger partial charge in [0.25, 0.3) is 17.5 Å². The minimum Gasteiger partial charge on any atom is -0.545 e. The van der Waals surface area contributed by atoms with Crippen molar-refractivity contribution in [3.63, 3.8) is 0 Å². The third-order valence-electron chi connectivity index (χ3n) is 4.70. The number of imide groups is 1. The molecule has 9 heteroatoms. The smallest absolute Gasteiger partial charge is 0.294 e. The van der Waals surface area contributed by atoms with E-state index in [1.165, 1.54) is 54.6 Å². The maximum Gasteiger partial charge on any atom is 0.294 e. The number of carbonyl (C=O) groups excluding carboxylic acids is 3. The molecule has 0 radical (unpaired) electrons. The van der Waals surface area contributed by atoms with Crippen molar-refractivity contribution >= 4 is 40.6 Å². The van der Waals surface area contributed by atoms with E-state index in [1.54, 1.807) is 18.2 Å². The van der Waals surface area contributed by atoms with Gasteiger partial charge in [-0.3, -0.25) is 19.7 Å². The maximum absolute atomic E-state index is 13.2. The molecule has 31 heavy (non-hydrogen) atoms. The van der Waals surface area contributed by atoms with Gasteiger partial charge >= 0.3 is 0 Å². The Labute approximate surface area is 175 Å². The summed E-state index contributed by atoms with van der Waals surface area (Å²) in [6.45, 7) is 0. The van der Waals surface area contributed by atoms with Gasteiger partial charge in [0.05, 0.1) is 16.6 Å². The summed E-state index contributed by atoms with van der Waals surface area (Å²) in [6.07, 6.45) is 0. The fourth-order valence-electron chi connectivity index (χ4n) is 3.31. The summed E-state index contributed by atoms with van der Waals surface area (Å²) in [5, 5.41) is 22.7. The number of nitro groups is 1. The molecule has 0 N–H and O–H groups in total. The van der Waals surface area contributed by atoms with Crippen molar-refractivity contribution in [1.82, 2.24) is 0 Å². The molecular formula is C22H12N3O6-. The Hall–Kier alpha value is -4.66. The first-order chi connectivity index (χ1) is 14.9. The Balaban J connectivity index is 1.86. The molecule has 1 aliphatic heterocycles. The molecule has 1 heterocycles. The van der Waals surface area contributed by atoms with Crippen molar-refractivity contribution in [1.29, 1.82) is 0 Å². The minimum absolute atomic E-state index is 0.0462. The standard InChI is InChI=1S/C22H13N3O6/c26-20(13-7-1-2-8-14(13)22(28)29)24-17-11-5-3-9-15(17)19(21(24)27)23-16-10-4-6-12-18(16)25(30)31/h1-12H,(H,28,29)/p-1. The van der Waals surface area contributed by atoms with Crippen LogP contribution in [0.3, 0.4) is 0 Å². The van der Waals surface area contributed by atoms with Crippen LogP contribution in [-0.2, 0) is 4.79 Å². The number of carbonyl (C=O) groups is 3. The molecule has 3 aromatic rings. The number of hydrogen-bond donors (Lipinski definition) is 0. The summed E-state index contributed by atoms with van der Waals surface area (Å²) < 4.78 is 0. The lowest BCUT2D eigenvalue weighted by molar-refractivity contribution is -0.384. The first kappa shape index (κ1) is 19.6. The molecule has 3 aromatic carbocycles. The van der Waals surface area contributed by atoms with Gasteiger partial charge in [0.1, 0.15) is 11.4 Å². The normalized spacial score (nSPS) is 13.9. The number of para-hydroxylation sites is 3. The number of aromatic carboxylic acids is 1. The summed E-state index contributed by atoms with van der Waals surface area (Å²) in [4.78, 5) is 53.5. The van der Waals surface area contributed by atoms with E-state index in [9.17, 15) is 29.6 Å². The molecular weight excluding hydrogens is 402 g/mol. The fourth-order valence-corrected chi connectivity index (χ4v) is 3.31. The van der Waals surface area contributed by atoms with Crippen LogP contribution in [0.15, 0.2) is 77.8 Å². The Bertz CT molecular complexity index is 1300. The third-order valence-corrected chi connectivity index (χ3v) is 4.70. The van der Waals surface area contributed by atoms with Gasteiger partial charge < -0.3 is 9.90 Å². The van der Waals surface area contributed by atoms with Gasteiger partial charge in [0.2, 0.25) is 0 Å². The average molecular weight is 414 g/mol. The monoisotopic (exact) mass is 414 g/mol. The quantitative estimate of drug-likeness (QED) is 0.365. The van der Waals surface area contributed by atoms with Crippen LogP contribution in [0.25, 0.3) is 0 Å². The zero-order chi connectivity index (χ0) is 22.1. The van der Waals surface area contributed by atoms with Crippen LogP contribution in [0.4, 0.5) is 17.1 Å². The highest BCUT2D eigenvalue weighted by atomic mass is 16.6. The number of aliphatic imine (C=N–C) groups is 1. The molecule has 0 fully saturated rings. The van der Waals surface area contributed by atoms with E-state index >= 15 is 0 Å². The van der Waals surface area contributed by atoms with E-state index in [0.29, 0.717) is 5.56 Å². The Morgan fingerprint density at radius 3 is 2.19 bits per heavy atom. The Morgan fingerprint density at radius 1 is 0.871 bits per heavy atom. The lowest BCUT2D eigenvalue weighted by Crippen LogP contribution is -2.37. The van der Waals surface area contributed by atoms with Crippen LogP contribution in [0, 0.1) is 10.1 Å². The van der Waals surface area contributed by atoms with Gasteiger partial charge in [0.15, 0.2) is 0 Å². The fraction of sp³-hybridized carbons (Fsp3) is 0. The number of anilines is 1. The highest BCUT2D eigenvalue weighted by molar-refractivity contribution is 6.59. The van der Waals surface area contributed by atoms with Gasteiger partial charge in [-0.15, -0.1) is 0 Å².